The van der Waals surface area contributed by atoms with Crippen molar-refractivity contribution in [1.82, 2.24) is 10.6 Å². The first-order valence-electron chi connectivity index (χ1n) is 6.13. The van der Waals surface area contributed by atoms with Crippen molar-refractivity contribution in [3.05, 3.63) is 29.3 Å². The van der Waals surface area contributed by atoms with E-state index in [1.165, 1.54) is 0 Å². The summed E-state index contributed by atoms with van der Waals surface area (Å²) in [7, 11) is 0. The quantitative estimate of drug-likeness (QED) is 0.786. The second-order valence-corrected chi connectivity index (χ2v) is 5.28. The first kappa shape index (κ1) is 16.1. The van der Waals surface area contributed by atoms with Gasteiger partial charge in [0.25, 0.3) is 0 Å². The van der Waals surface area contributed by atoms with Crippen LogP contribution in [0, 0.1) is 0 Å². The van der Waals surface area contributed by atoms with Crippen LogP contribution in [0.3, 0.4) is 0 Å². The van der Waals surface area contributed by atoms with Crippen molar-refractivity contribution >= 4 is 35.7 Å². The fourth-order valence-corrected chi connectivity index (χ4v) is 2.28. The molecular formula is C13H19Cl2N3O. The number of halogens is 2. The predicted molar refractivity (Wildman–Crippen MR) is 81.4 cm³/mol. The molecule has 0 unspecified atom stereocenters. The summed E-state index contributed by atoms with van der Waals surface area (Å²) in [5.74, 6) is 0. The molecule has 4 nitrogen and oxygen atoms in total. The smallest absolute Gasteiger partial charge is 0.319 e. The number of carbonyl (C=O) groups excluding carboxylic acids is 1. The van der Waals surface area contributed by atoms with Crippen LogP contribution in [0.15, 0.2) is 24.3 Å². The molecule has 1 saturated heterocycles. The lowest BCUT2D eigenvalue weighted by Gasteiger charge is -2.34. The van der Waals surface area contributed by atoms with Gasteiger partial charge in [-0.1, -0.05) is 23.7 Å². The van der Waals surface area contributed by atoms with Gasteiger partial charge in [0.1, 0.15) is 0 Å². The molecule has 0 aliphatic carbocycles. The monoisotopic (exact) mass is 303 g/mol. The SMILES string of the molecule is CC1(NC(=O)Nc2ccccc2Cl)CCNCC1.Cl. The van der Waals surface area contributed by atoms with Crippen LogP contribution < -0.4 is 16.0 Å². The zero-order valence-corrected chi connectivity index (χ0v) is 12.4. The molecule has 1 aromatic carbocycles. The van der Waals surface area contributed by atoms with Gasteiger partial charge in [0.2, 0.25) is 0 Å². The molecule has 3 N–H and O–H groups in total. The highest BCUT2D eigenvalue weighted by Crippen LogP contribution is 2.21. The summed E-state index contributed by atoms with van der Waals surface area (Å²) in [6.45, 7) is 3.94. The lowest BCUT2D eigenvalue weighted by molar-refractivity contribution is 0.225. The summed E-state index contributed by atoms with van der Waals surface area (Å²) in [6, 6.07) is 7.01. The van der Waals surface area contributed by atoms with Crippen LogP contribution in [-0.2, 0) is 0 Å². The molecule has 0 radical (unpaired) electrons. The van der Waals surface area contributed by atoms with Gasteiger partial charge >= 0.3 is 6.03 Å². The number of nitrogens with one attached hydrogen (secondary N) is 3. The second kappa shape index (κ2) is 6.98. The lowest BCUT2D eigenvalue weighted by atomic mass is 9.91. The standard InChI is InChI=1S/C13H18ClN3O.ClH/c1-13(6-8-15-9-7-13)17-12(18)16-11-5-3-2-4-10(11)14;/h2-5,15H,6-9H2,1H3,(H2,16,17,18);1H. The number of hydrogen-bond acceptors (Lipinski definition) is 2. The molecular weight excluding hydrogens is 285 g/mol. The molecule has 19 heavy (non-hydrogen) atoms. The summed E-state index contributed by atoms with van der Waals surface area (Å²) in [6.07, 6.45) is 1.87. The Kier molecular flexibility index (Phi) is 5.91. The zero-order valence-electron chi connectivity index (χ0n) is 10.8. The number of piperidine rings is 1. The van der Waals surface area contributed by atoms with Crippen molar-refractivity contribution in [3.8, 4) is 0 Å². The van der Waals surface area contributed by atoms with E-state index < -0.39 is 0 Å². The average molecular weight is 304 g/mol. The Balaban J connectivity index is 0.00000180. The van der Waals surface area contributed by atoms with Gasteiger partial charge in [-0.3, -0.25) is 0 Å². The maximum atomic E-state index is 11.9. The average Bonchev–Trinajstić information content (AvgIpc) is 2.32. The molecule has 0 bridgehead atoms. The van der Waals surface area contributed by atoms with E-state index in [0.29, 0.717) is 10.7 Å². The van der Waals surface area contributed by atoms with Crippen LogP contribution in [0.1, 0.15) is 19.8 Å². The molecule has 1 heterocycles. The third-order valence-electron chi connectivity index (χ3n) is 3.24. The molecule has 1 aliphatic rings. The highest BCUT2D eigenvalue weighted by atomic mass is 35.5. The number of benzene rings is 1. The summed E-state index contributed by atoms with van der Waals surface area (Å²) in [5, 5.41) is 9.63. The van der Waals surface area contributed by atoms with Crippen molar-refractivity contribution in [2.75, 3.05) is 18.4 Å². The van der Waals surface area contributed by atoms with E-state index in [1.54, 1.807) is 12.1 Å². The van der Waals surface area contributed by atoms with Crippen LogP contribution in [0.2, 0.25) is 5.02 Å². The Hall–Kier alpha value is -0.970. The summed E-state index contributed by atoms with van der Waals surface area (Å²) in [4.78, 5) is 11.9. The number of amides is 2. The lowest BCUT2D eigenvalue weighted by Crippen LogP contribution is -2.53. The molecule has 0 atom stereocenters. The number of urea groups is 1. The minimum atomic E-state index is -0.201. The Morgan fingerprint density at radius 1 is 1.32 bits per heavy atom. The molecule has 0 spiro atoms. The van der Waals surface area contributed by atoms with Crippen molar-refractivity contribution < 1.29 is 4.79 Å². The van der Waals surface area contributed by atoms with Gasteiger partial charge in [-0.05, 0) is 45.0 Å². The Bertz CT molecular complexity index is 434. The molecule has 2 amide bonds. The van der Waals surface area contributed by atoms with Gasteiger partial charge in [-0.25, -0.2) is 4.79 Å². The van der Waals surface area contributed by atoms with E-state index in [2.05, 4.69) is 22.9 Å². The molecule has 2 rings (SSSR count). The maximum Gasteiger partial charge on any atom is 0.319 e. The largest absolute Gasteiger partial charge is 0.333 e. The Morgan fingerprint density at radius 2 is 1.95 bits per heavy atom. The fourth-order valence-electron chi connectivity index (χ4n) is 2.09. The van der Waals surface area contributed by atoms with E-state index in [4.69, 9.17) is 11.6 Å². The van der Waals surface area contributed by atoms with Gasteiger partial charge in [0.15, 0.2) is 0 Å². The normalized spacial score (nSPS) is 17.2. The first-order valence-corrected chi connectivity index (χ1v) is 6.51. The van der Waals surface area contributed by atoms with Crippen LogP contribution in [0.4, 0.5) is 10.5 Å². The maximum absolute atomic E-state index is 11.9. The van der Waals surface area contributed by atoms with Gasteiger partial charge in [-0.15, -0.1) is 12.4 Å². The van der Waals surface area contributed by atoms with Gasteiger partial charge < -0.3 is 16.0 Å². The highest BCUT2D eigenvalue weighted by Gasteiger charge is 2.28. The fraction of sp³-hybridized carbons (Fsp3) is 0.462. The number of hydrogen-bond donors (Lipinski definition) is 3. The van der Waals surface area contributed by atoms with Crippen molar-refractivity contribution in [1.29, 1.82) is 0 Å². The van der Waals surface area contributed by atoms with Crippen LogP contribution in [0.25, 0.3) is 0 Å². The number of rotatable bonds is 2. The summed E-state index contributed by atoms with van der Waals surface area (Å²) < 4.78 is 0. The molecule has 6 heteroatoms. The molecule has 0 aromatic heterocycles. The van der Waals surface area contributed by atoms with Crippen molar-refractivity contribution in [3.63, 3.8) is 0 Å². The first-order chi connectivity index (χ1) is 8.59. The topological polar surface area (TPSA) is 53.2 Å². The summed E-state index contributed by atoms with van der Waals surface area (Å²) in [5.41, 5.74) is 0.491. The highest BCUT2D eigenvalue weighted by molar-refractivity contribution is 6.33. The minimum Gasteiger partial charge on any atom is -0.333 e. The number of para-hydroxylation sites is 1. The minimum absolute atomic E-state index is 0. The number of anilines is 1. The molecule has 1 aliphatic heterocycles. The van der Waals surface area contributed by atoms with Crippen LogP contribution >= 0.6 is 24.0 Å². The predicted octanol–water partition coefficient (Wildman–Crippen LogP) is 3.03. The molecule has 1 fully saturated rings. The number of carbonyl (C=O) groups is 1. The van der Waals surface area contributed by atoms with E-state index >= 15 is 0 Å². The zero-order chi connectivity index (χ0) is 13.0. The van der Waals surface area contributed by atoms with Crippen molar-refractivity contribution in [2.45, 2.75) is 25.3 Å². The van der Waals surface area contributed by atoms with Crippen LogP contribution in [-0.4, -0.2) is 24.7 Å². The Morgan fingerprint density at radius 3 is 2.58 bits per heavy atom. The van der Waals surface area contributed by atoms with Crippen molar-refractivity contribution in [2.24, 2.45) is 0 Å². The third-order valence-corrected chi connectivity index (χ3v) is 3.57. The molecule has 106 valence electrons. The van der Waals surface area contributed by atoms with Gasteiger partial charge in [0.05, 0.1) is 10.7 Å². The van der Waals surface area contributed by atoms with Crippen LogP contribution in [0.5, 0.6) is 0 Å². The third kappa shape index (κ3) is 4.56. The van der Waals surface area contributed by atoms with E-state index in [0.717, 1.165) is 25.9 Å². The summed E-state index contributed by atoms with van der Waals surface area (Å²) >= 11 is 5.99. The Labute approximate surface area is 124 Å². The van der Waals surface area contributed by atoms with Gasteiger partial charge in [-0.2, -0.15) is 0 Å². The van der Waals surface area contributed by atoms with E-state index in [1.807, 2.05) is 12.1 Å². The molecule has 1 aromatic rings. The van der Waals surface area contributed by atoms with Gasteiger partial charge in [0, 0.05) is 5.54 Å². The van der Waals surface area contributed by atoms with E-state index in [-0.39, 0.29) is 24.0 Å². The second-order valence-electron chi connectivity index (χ2n) is 4.87. The van der Waals surface area contributed by atoms with E-state index in [9.17, 15) is 4.79 Å². The molecule has 0 saturated carbocycles.